The van der Waals surface area contributed by atoms with Crippen LogP contribution in [0.3, 0.4) is 0 Å². The second kappa shape index (κ2) is 6.81. The number of nitriles is 1. The number of fused-ring (bicyclic) bond motifs is 1. The van der Waals surface area contributed by atoms with Crippen molar-refractivity contribution in [2.45, 2.75) is 25.3 Å². The zero-order chi connectivity index (χ0) is 18.1. The molecule has 0 amide bonds. The van der Waals surface area contributed by atoms with Crippen molar-refractivity contribution < 1.29 is 0 Å². The third-order valence-electron chi connectivity index (χ3n) is 5.44. The first kappa shape index (κ1) is 16.6. The van der Waals surface area contributed by atoms with Gasteiger partial charge in [-0.15, -0.1) is 0 Å². The molecule has 0 bridgehead atoms. The van der Waals surface area contributed by atoms with Crippen LogP contribution in [-0.2, 0) is 13.6 Å². The SMILES string of the molecule is Cn1cc(C2CCN(Cc3ccc(C#N)cc3)CC2)c2cc[nH]c2c1=O. The van der Waals surface area contributed by atoms with E-state index in [-0.39, 0.29) is 5.56 Å². The van der Waals surface area contributed by atoms with E-state index in [1.165, 1.54) is 11.1 Å². The summed E-state index contributed by atoms with van der Waals surface area (Å²) in [5.74, 6) is 0.484. The number of pyridine rings is 1. The van der Waals surface area contributed by atoms with E-state index >= 15 is 0 Å². The van der Waals surface area contributed by atoms with Gasteiger partial charge in [0.15, 0.2) is 0 Å². The highest BCUT2D eigenvalue weighted by molar-refractivity contribution is 5.82. The van der Waals surface area contributed by atoms with Crippen molar-refractivity contribution in [3.05, 3.63) is 69.8 Å². The van der Waals surface area contributed by atoms with Gasteiger partial charge in [0, 0.05) is 31.4 Å². The minimum absolute atomic E-state index is 0.0343. The third-order valence-corrected chi connectivity index (χ3v) is 5.44. The summed E-state index contributed by atoms with van der Waals surface area (Å²) in [7, 11) is 1.83. The standard InChI is InChI=1S/C21H22N4O/c1-24-14-19(18-6-9-23-20(18)21(24)26)17-7-10-25(11-8-17)13-16-4-2-15(12-22)3-5-16/h2-6,9,14,17,23H,7-8,10-11,13H2,1H3. The number of nitrogens with one attached hydrogen (secondary N) is 1. The van der Waals surface area contributed by atoms with Gasteiger partial charge in [0.2, 0.25) is 0 Å². The lowest BCUT2D eigenvalue weighted by molar-refractivity contribution is 0.205. The lowest BCUT2D eigenvalue weighted by atomic mass is 9.88. The number of hydrogen-bond donors (Lipinski definition) is 1. The summed E-state index contributed by atoms with van der Waals surface area (Å²) in [6.07, 6.45) is 6.05. The molecule has 5 nitrogen and oxygen atoms in total. The van der Waals surface area contributed by atoms with Crippen molar-refractivity contribution in [1.82, 2.24) is 14.5 Å². The van der Waals surface area contributed by atoms with Gasteiger partial charge in [-0.05, 0) is 61.2 Å². The largest absolute Gasteiger partial charge is 0.357 e. The van der Waals surface area contributed by atoms with Crippen LogP contribution in [0.2, 0.25) is 0 Å². The van der Waals surface area contributed by atoms with Gasteiger partial charge in [0.05, 0.1) is 11.6 Å². The van der Waals surface area contributed by atoms with Crippen LogP contribution in [0.4, 0.5) is 0 Å². The highest BCUT2D eigenvalue weighted by atomic mass is 16.1. The lowest BCUT2D eigenvalue weighted by Crippen LogP contribution is -2.33. The van der Waals surface area contributed by atoms with Crippen LogP contribution in [0.5, 0.6) is 0 Å². The molecule has 1 saturated heterocycles. The molecule has 3 aromatic rings. The van der Waals surface area contributed by atoms with Crippen molar-refractivity contribution in [3.63, 3.8) is 0 Å². The monoisotopic (exact) mass is 346 g/mol. The molecule has 1 aliphatic rings. The van der Waals surface area contributed by atoms with Crippen molar-refractivity contribution in [2.75, 3.05) is 13.1 Å². The minimum Gasteiger partial charge on any atom is -0.357 e. The summed E-state index contributed by atoms with van der Waals surface area (Å²) in [5, 5.41) is 9.97. The molecule has 1 N–H and O–H groups in total. The molecular formula is C21H22N4O. The maximum absolute atomic E-state index is 12.2. The molecule has 0 atom stereocenters. The van der Waals surface area contributed by atoms with E-state index in [1.54, 1.807) is 4.57 Å². The van der Waals surface area contributed by atoms with Crippen LogP contribution >= 0.6 is 0 Å². The van der Waals surface area contributed by atoms with Gasteiger partial charge in [-0.2, -0.15) is 5.26 Å². The smallest absolute Gasteiger partial charge is 0.274 e. The highest BCUT2D eigenvalue weighted by Crippen LogP contribution is 2.32. The Morgan fingerprint density at radius 3 is 2.62 bits per heavy atom. The zero-order valence-corrected chi connectivity index (χ0v) is 14.9. The fraction of sp³-hybridized carbons (Fsp3) is 0.333. The van der Waals surface area contributed by atoms with Crippen molar-refractivity contribution >= 4 is 10.9 Å². The molecule has 1 aliphatic heterocycles. The number of nitrogens with zero attached hydrogens (tertiary/aromatic N) is 3. The molecular weight excluding hydrogens is 324 g/mol. The van der Waals surface area contributed by atoms with Gasteiger partial charge in [-0.25, -0.2) is 0 Å². The Balaban J connectivity index is 1.47. The third kappa shape index (κ3) is 3.04. The topological polar surface area (TPSA) is 64.8 Å². The van der Waals surface area contributed by atoms with Gasteiger partial charge in [-0.1, -0.05) is 12.1 Å². The quantitative estimate of drug-likeness (QED) is 0.792. The highest BCUT2D eigenvalue weighted by Gasteiger charge is 2.23. The molecule has 3 heterocycles. The van der Waals surface area contributed by atoms with Crippen LogP contribution in [0.25, 0.3) is 10.9 Å². The molecule has 2 aromatic heterocycles. The van der Waals surface area contributed by atoms with Crippen molar-refractivity contribution in [2.24, 2.45) is 7.05 Å². The van der Waals surface area contributed by atoms with E-state index in [0.717, 1.165) is 37.9 Å². The van der Waals surface area contributed by atoms with Crippen LogP contribution in [0.15, 0.2) is 47.5 Å². The number of H-pyrrole nitrogens is 1. The van der Waals surface area contributed by atoms with Gasteiger partial charge in [0.1, 0.15) is 5.52 Å². The predicted octanol–water partition coefficient (Wildman–Crippen LogP) is 3.12. The first-order valence-electron chi connectivity index (χ1n) is 9.03. The summed E-state index contributed by atoms with van der Waals surface area (Å²) in [6.45, 7) is 3.00. The summed E-state index contributed by atoms with van der Waals surface area (Å²) in [6, 6.07) is 12.0. The first-order chi connectivity index (χ1) is 12.7. The molecule has 132 valence electrons. The molecule has 1 fully saturated rings. The number of aromatic amines is 1. The Morgan fingerprint density at radius 1 is 1.19 bits per heavy atom. The summed E-state index contributed by atoms with van der Waals surface area (Å²) in [4.78, 5) is 17.8. The second-order valence-electron chi connectivity index (χ2n) is 7.13. The van der Waals surface area contributed by atoms with E-state index in [0.29, 0.717) is 17.0 Å². The Kier molecular flexibility index (Phi) is 4.36. The van der Waals surface area contributed by atoms with Crippen LogP contribution < -0.4 is 5.56 Å². The second-order valence-corrected chi connectivity index (χ2v) is 7.13. The number of aryl methyl sites for hydroxylation is 1. The fourth-order valence-corrected chi connectivity index (χ4v) is 3.97. The number of piperidine rings is 1. The summed E-state index contributed by atoms with van der Waals surface area (Å²) < 4.78 is 1.69. The molecule has 5 heteroatoms. The molecule has 1 aromatic carbocycles. The van der Waals surface area contributed by atoms with Crippen LogP contribution in [0.1, 0.15) is 35.4 Å². The molecule has 26 heavy (non-hydrogen) atoms. The zero-order valence-electron chi connectivity index (χ0n) is 14.9. The van der Waals surface area contributed by atoms with Crippen molar-refractivity contribution in [1.29, 1.82) is 5.26 Å². The number of hydrogen-bond acceptors (Lipinski definition) is 3. The average molecular weight is 346 g/mol. The summed E-state index contributed by atoms with van der Waals surface area (Å²) >= 11 is 0. The predicted molar refractivity (Wildman–Crippen MR) is 102 cm³/mol. The number of likely N-dealkylation sites (tertiary alicyclic amines) is 1. The van der Waals surface area contributed by atoms with Crippen LogP contribution in [-0.4, -0.2) is 27.5 Å². The maximum atomic E-state index is 12.2. The lowest BCUT2D eigenvalue weighted by Gasteiger charge is -2.32. The Morgan fingerprint density at radius 2 is 1.92 bits per heavy atom. The maximum Gasteiger partial charge on any atom is 0.274 e. The number of aromatic nitrogens is 2. The van der Waals surface area contributed by atoms with E-state index in [1.807, 2.05) is 49.8 Å². The normalized spacial score (nSPS) is 16.0. The minimum atomic E-state index is 0.0343. The van der Waals surface area contributed by atoms with E-state index < -0.39 is 0 Å². The molecule has 0 spiro atoms. The molecule has 0 saturated carbocycles. The average Bonchev–Trinajstić information content (AvgIpc) is 3.16. The Hall–Kier alpha value is -2.84. The fourth-order valence-electron chi connectivity index (χ4n) is 3.97. The molecule has 4 rings (SSSR count). The Labute approximate surface area is 152 Å². The number of benzene rings is 1. The van der Waals surface area contributed by atoms with Crippen LogP contribution in [0, 0.1) is 11.3 Å². The molecule has 0 aliphatic carbocycles. The van der Waals surface area contributed by atoms with Gasteiger partial charge in [-0.3, -0.25) is 9.69 Å². The summed E-state index contributed by atoms with van der Waals surface area (Å²) in [5.41, 5.74) is 3.98. The molecule has 0 radical (unpaired) electrons. The van der Waals surface area contributed by atoms with E-state index in [9.17, 15) is 4.79 Å². The van der Waals surface area contributed by atoms with Gasteiger partial charge >= 0.3 is 0 Å². The van der Waals surface area contributed by atoms with E-state index in [4.69, 9.17) is 5.26 Å². The van der Waals surface area contributed by atoms with E-state index in [2.05, 4.69) is 16.0 Å². The van der Waals surface area contributed by atoms with Gasteiger partial charge < -0.3 is 9.55 Å². The first-order valence-corrected chi connectivity index (χ1v) is 9.03. The Bertz CT molecular complexity index is 1010. The van der Waals surface area contributed by atoms with Gasteiger partial charge in [0.25, 0.3) is 5.56 Å². The molecule has 0 unspecified atom stereocenters. The number of rotatable bonds is 3. The van der Waals surface area contributed by atoms with Crippen molar-refractivity contribution in [3.8, 4) is 6.07 Å².